The molecule has 3 N–H and O–H groups in total. The minimum atomic E-state index is -1.68. The van der Waals surface area contributed by atoms with Gasteiger partial charge in [0.05, 0.1) is 34.5 Å². The van der Waals surface area contributed by atoms with Crippen LogP contribution in [-0.2, 0) is 24.6 Å². The molecule has 2 saturated heterocycles. The molecule has 2 aliphatic heterocycles. The molecule has 1 saturated carbocycles. The summed E-state index contributed by atoms with van der Waals surface area (Å²) in [4.78, 5) is 60.0. The van der Waals surface area contributed by atoms with E-state index in [0.29, 0.717) is 27.4 Å². The summed E-state index contributed by atoms with van der Waals surface area (Å²) in [6.45, 7) is 0. The van der Waals surface area contributed by atoms with Crippen LogP contribution in [0.25, 0.3) is 0 Å². The fourth-order valence-corrected chi connectivity index (χ4v) is 9.50. The molecule has 3 fully saturated rings. The van der Waals surface area contributed by atoms with Crippen LogP contribution in [0.1, 0.15) is 29.9 Å². The van der Waals surface area contributed by atoms with E-state index in [0.717, 1.165) is 22.5 Å². The van der Waals surface area contributed by atoms with E-state index < -0.39 is 70.1 Å². The maximum Gasteiger partial charge on any atom is 0.260 e. The van der Waals surface area contributed by atoms with Gasteiger partial charge in [-0.25, -0.2) is 8.78 Å². The van der Waals surface area contributed by atoms with Crippen LogP contribution in [0, 0.1) is 35.3 Å². The Bertz CT molecular complexity index is 2440. The molecule has 5 aromatic rings. The second-order valence-electron chi connectivity index (χ2n) is 14.6. The Labute approximate surface area is 325 Å². The highest BCUT2D eigenvalue weighted by Crippen LogP contribution is 2.64. The number of halogens is 3. The maximum atomic E-state index is 15.4. The molecule has 0 aromatic heterocycles. The standard InChI is InChI=1S/C44H33ClF2N4O5/c45-26-9-7-25(8-10-26)44-35(41(54)51(43(44)56)49-30-13-11-27(46)12-14-30)23-34-32(39(44)24-6-21-37(52)36(47)22-24)19-20-33-38(34)42(55)50(40(33)53)31-17-15-29(16-18-31)48-28-4-2-1-3-5-28/h1-19,21-22,33-35,38-39,48-49,52H,20,23H2/t33-,34+,35-,38-,39-,44+/m0/s1. The third kappa shape index (κ3) is 5.48. The molecule has 4 amide bonds. The fraction of sp³-hybridized carbons (Fsp3) is 0.182. The van der Waals surface area contributed by atoms with Crippen molar-refractivity contribution in [2.75, 3.05) is 15.6 Å². The average molecular weight is 771 g/mol. The first kappa shape index (κ1) is 35.4. The van der Waals surface area contributed by atoms with Crippen LogP contribution in [0.5, 0.6) is 5.75 Å². The molecular formula is C44H33ClF2N4O5. The third-order valence-electron chi connectivity index (χ3n) is 11.7. The monoisotopic (exact) mass is 770 g/mol. The molecule has 4 aliphatic rings. The highest BCUT2D eigenvalue weighted by atomic mass is 35.5. The first-order valence-electron chi connectivity index (χ1n) is 18.2. The zero-order chi connectivity index (χ0) is 38.9. The number of para-hydroxylation sites is 1. The van der Waals surface area contributed by atoms with Gasteiger partial charge in [0.15, 0.2) is 11.6 Å². The number of anilines is 4. The van der Waals surface area contributed by atoms with E-state index in [1.807, 2.05) is 36.4 Å². The van der Waals surface area contributed by atoms with Crippen LogP contribution < -0.4 is 15.6 Å². The summed E-state index contributed by atoms with van der Waals surface area (Å²) in [5, 5.41) is 14.9. The van der Waals surface area contributed by atoms with E-state index in [1.165, 1.54) is 41.3 Å². The summed E-state index contributed by atoms with van der Waals surface area (Å²) in [5.74, 6) is -8.49. The summed E-state index contributed by atoms with van der Waals surface area (Å²) in [5.41, 5.74) is 4.89. The number of allylic oxidation sites excluding steroid dienone is 2. The molecule has 6 atom stereocenters. The minimum Gasteiger partial charge on any atom is -0.505 e. The highest BCUT2D eigenvalue weighted by molar-refractivity contribution is 6.30. The molecule has 12 heteroatoms. The number of imide groups is 2. The smallest absolute Gasteiger partial charge is 0.260 e. The van der Waals surface area contributed by atoms with Gasteiger partial charge in [0, 0.05) is 22.3 Å². The van der Waals surface area contributed by atoms with Crippen molar-refractivity contribution in [2.45, 2.75) is 24.2 Å². The number of nitrogens with one attached hydrogen (secondary N) is 2. The SMILES string of the molecule is O=C1[C@@H]2C[C@@H]3C(=CC[C@@H]4C(=O)N(c5ccc(Nc6ccccc6)cc5)C(=O)[C@@H]43)[C@H](c3ccc(O)c(F)c3)[C@]2(c2ccc(Cl)cc2)C(=O)N1Nc1ccc(F)cc1. The van der Waals surface area contributed by atoms with Crippen LogP contribution in [0.4, 0.5) is 31.5 Å². The van der Waals surface area contributed by atoms with Crippen molar-refractivity contribution in [1.29, 1.82) is 0 Å². The Kier molecular flexibility index (Phi) is 8.50. The molecule has 0 unspecified atom stereocenters. The summed E-state index contributed by atoms with van der Waals surface area (Å²) in [7, 11) is 0. The molecule has 5 aromatic carbocycles. The summed E-state index contributed by atoms with van der Waals surface area (Å²) in [6, 6.07) is 32.2. The third-order valence-corrected chi connectivity index (χ3v) is 12.0. The van der Waals surface area contributed by atoms with Crippen LogP contribution in [0.15, 0.2) is 133 Å². The van der Waals surface area contributed by atoms with Crippen molar-refractivity contribution in [3.63, 3.8) is 0 Å². The van der Waals surface area contributed by atoms with Crippen molar-refractivity contribution >= 4 is 58.0 Å². The lowest BCUT2D eigenvalue weighted by atomic mass is 9.49. The second kappa shape index (κ2) is 13.5. The van der Waals surface area contributed by atoms with E-state index in [2.05, 4.69) is 10.7 Å². The largest absolute Gasteiger partial charge is 0.505 e. The average Bonchev–Trinajstić information content (AvgIpc) is 3.58. The normalized spacial score (nSPS) is 25.4. The number of fused-ring (bicyclic) bond motifs is 4. The van der Waals surface area contributed by atoms with Crippen LogP contribution >= 0.6 is 11.6 Å². The summed E-state index contributed by atoms with van der Waals surface area (Å²) < 4.78 is 29.3. The van der Waals surface area contributed by atoms with Gasteiger partial charge >= 0.3 is 0 Å². The zero-order valence-electron chi connectivity index (χ0n) is 29.5. The summed E-state index contributed by atoms with van der Waals surface area (Å²) in [6.07, 6.45) is 2.06. The van der Waals surface area contributed by atoms with Crippen molar-refractivity contribution in [3.8, 4) is 5.75 Å². The van der Waals surface area contributed by atoms with Gasteiger partial charge in [-0.3, -0.25) is 29.5 Å². The number of hydrogen-bond acceptors (Lipinski definition) is 7. The number of aromatic hydroxyl groups is 1. The number of rotatable bonds is 7. The van der Waals surface area contributed by atoms with Gasteiger partial charge < -0.3 is 10.4 Å². The van der Waals surface area contributed by atoms with Crippen LogP contribution in [0.2, 0.25) is 5.02 Å². The molecule has 2 heterocycles. The number of phenolic OH excluding ortho intramolecular Hbond substituents is 1. The molecule has 280 valence electrons. The van der Waals surface area contributed by atoms with Gasteiger partial charge in [0.2, 0.25) is 11.8 Å². The Morgan fingerprint density at radius 3 is 2.11 bits per heavy atom. The first-order valence-corrected chi connectivity index (χ1v) is 18.6. The van der Waals surface area contributed by atoms with Gasteiger partial charge in [-0.1, -0.05) is 59.6 Å². The number of nitrogens with zero attached hydrogens (tertiary/aromatic N) is 2. The number of phenols is 1. The Balaban J connectivity index is 1.15. The lowest BCUT2D eigenvalue weighted by Gasteiger charge is -2.50. The van der Waals surface area contributed by atoms with E-state index in [4.69, 9.17) is 11.6 Å². The highest BCUT2D eigenvalue weighted by Gasteiger charge is 2.70. The van der Waals surface area contributed by atoms with Gasteiger partial charge in [0.25, 0.3) is 11.8 Å². The molecule has 0 radical (unpaired) electrons. The van der Waals surface area contributed by atoms with Gasteiger partial charge in [0.1, 0.15) is 5.82 Å². The molecular weight excluding hydrogens is 738 g/mol. The Morgan fingerprint density at radius 1 is 0.732 bits per heavy atom. The predicted octanol–water partition coefficient (Wildman–Crippen LogP) is 8.26. The molecule has 2 aliphatic carbocycles. The predicted molar refractivity (Wildman–Crippen MR) is 206 cm³/mol. The van der Waals surface area contributed by atoms with Crippen molar-refractivity contribution < 1.29 is 33.1 Å². The fourth-order valence-electron chi connectivity index (χ4n) is 9.37. The lowest BCUT2D eigenvalue weighted by Crippen LogP contribution is -2.53. The van der Waals surface area contributed by atoms with E-state index in [1.54, 1.807) is 48.5 Å². The summed E-state index contributed by atoms with van der Waals surface area (Å²) >= 11 is 6.34. The van der Waals surface area contributed by atoms with E-state index in [-0.39, 0.29) is 24.4 Å². The Hall–Kier alpha value is -6.33. The number of carbonyl (C=O) groups excluding carboxylic acids is 4. The number of amides is 4. The van der Waals surface area contributed by atoms with Crippen molar-refractivity contribution in [2.24, 2.45) is 23.7 Å². The van der Waals surface area contributed by atoms with Crippen LogP contribution in [0.3, 0.4) is 0 Å². The maximum absolute atomic E-state index is 15.4. The van der Waals surface area contributed by atoms with Crippen molar-refractivity contribution in [1.82, 2.24) is 5.01 Å². The number of benzene rings is 5. The molecule has 9 nitrogen and oxygen atoms in total. The van der Waals surface area contributed by atoms with E-state index in [9.17, 15) is 23.9 Å². The van der Waals surface area contributed by atoms with Gasteiger partial charge in [-0.15, -0.1) is 0 Å². The van der Waals surface area contributed by atoms with Gasteiger partial charge in [-0.2, -0.15) is 5.01 Å². The number of hydrazine groups is 1. The number of hydrogen-bond donors (Lipinski definition) is 3. The molecule has 56 heavy (non-hydrogen) atoms. The second-order valence-corrected chi connectivity index (χ2v) is 15.1. The van der Waals surface area contributed by atoms with Crippen LogP contribution in [-0.4, -0.2) is 33.7 Å². The minimum absolute atomic E-state index is 0.0195. The molecule has 9 rings (SSSR count). The first-order chi connectivity index (χ1) is 27.1. The van der Waals surface area contributed by atoms with Gasteiger partial charge in [-0.05, 0) is 115 Å². The lowest BCUT2D eigenvalue weighted by molar-refractivity contribution is -0.138. The van der Waals surface area contributed by atoms with E-state index >= 15 is 9.18 Å². The zero-order valence-corrected chi connectivity index (χ0v) is 30.3. The number of carbonyl (C=O) groups is 4. The topological polar surface area (TPSA) is 119 Å². The van der Waals surface area contributed by atoms with Crippen molar-refractivity contribution in [3.05, 3.63) is 161 Å². The molecule has 0 bridgehead atoms. The Morgan fingerprint density at radius 2 is 1.41 bits per heavy atom. The molecule has 0 spiro atoms. The quantitative estimate of drug-likeness (QED) is 0.113.